The molecule has 1 aromatic rings. The minimum atomic E-state index is -1.09. The molecule has 0 saturated carbocycles. The molecule has 0 spiro atoms. The quantitative estimate of drug-likeness (QED) is 0.733. The molecule has 0 aliphatic carbocycles. The fourth-order valence-electron chi connectivity index (χ4n) is 2.71. The van der Waals surface area contributed by atoms with Gasteiger partial charge in [-0.3, -0.25) is 4.79 Å². The van der Waals surface area contributed by atoms with E-state index in [2.05, 4.69) is 37.8 Å². The summed E-state index contributed by atoms with van der Waals surface area (Å²) >= 11 is 0. The van der Waals surface area contributed by atoms with E-state index in [1.165, 1.54) is 11.6 Å². The standard InChI is InChI=1S/C14H21NOSi/c1-11(16)15-9-12(10-17(2,3)4)13-7-5-6-8-14(13)15/h5-8,12H,9-10H2,1-4H3. The molecule has 1 aliphatic heterocycles. The van der Waals surface area contributed by atoms with E-state index in [0.29, 0.717) is 5.92 Å². The lowest BCUT2D eigenvalue weighted by Crippen LogP contribution is -2.29. The van der Waals surface area contributed by atoms with E-state index < -0.39 is 8.07 Å². The summed E-state index contributed by atoms with van der Waals surface area (Å²) in [5, 5.41) is 0. The predicted molar refractivity (Wildman–Crippen MR) is 75.4 cm³/mol. The minimum Gasteiger partial charge on any atom is -0.312 e. The van der Waals surface area contributed by atoms with E-state index in [0.717, 1.165) is 12.2 Å². The Kier molecular flexibility index (Phi) is 3.12. The van der Waals surface area contributed by atoms with Crippen LogP contribution in [0.1, 0.15) is 18.4 Å². The third kappa shape index (κ3) is 2.60. The van der Waals surface area contributed by atoms with Crippen molar-refractivity contribution in [2.75, 3.05) is 11.4 Å². The molecule has 0 radical (unpaired) electrons. The highest BCUT2D eigenvalue weighted by molar-refractivity contribution is 6.76. The highest BCUT2D eigenvalue weighted by atomic mass is 28.3. The second-order valence-electron chi connectivity index (χ2n) is 6.15. The molecule has 1 atom stereocenters. The molecule has 0 bridgehead atoms. The molecule has 2 rings (SSSR count). The molecular weight excluding hydrogens is 226 g/mol. The van der Waals surface area contributed by atoms with Gasteiger partial charge in [-0.15, -0.1) is 0 Å². The van der Waals surface area contributed by atoms with E-state index in [1.54, 1.807) is 6.92 Å². The molecular formula is C14H21NOSi. The third-order valence-corrected chi connectivity index (χ3v) is 5.03. The van der Waals surface area contributed by atoms with Crippen LogP contribution < -0.4 is 4.90 Å². The Hall–Kier alpha value is -1.09. The Morgan fingerprint density at radius 3 is 2.59 bits per heavy atom. The van der Waals surface area contributed by atoms with E-state index in [1.807, 2.05) is 11.0 Å². The number of carbonyl (C=O) groups excluding carboxylic acids is 1. The van der Waals surface area contributed by atoms with E-state index in [9.17, 15) is 4.79 Å². The number of benzene rings is 1. The van der Waals surface area contributed by atoms with Crippen LogP contribution in [-0.2, 0) is 4.79 Å². The van der Waals surface area contributed by atoms with Gasteiger partial charge in [-0.1, -0.05) is 37.8 Å². The summed E-state index contributed by atoms with van der Waals surface area (Å²) < 4.78 is 0. The van der Waals surface area contributed by atoms with E-state index >= 15 is 0 Å². The Labute approximate surface area is 105 Å². The van der Waals surface area contributed by atoms with Crippen LogP contribution in [0.25, 0.3) is 0 Å². The molecule has 0 N–H and O–H groups in total. The first-order chi connectivity index (χ1) is 7.88. The number of carbonyl (C=O) groups is 1. The van der Waals surface area contributed by atoms with Crippen LogP contribution in [-0.4, -0.2) is 20.5 Å². The largest absolute Gasteiger partial charge is 0.312 e. The Balaban J connectivity index is 2.32. The van der Waals surface area contributed by atoms with Gasteiger partial charge in [0.25, 0.3) is 0 Å². The Morgan fingerprint density at radius 2 is 2.00 bits per heavy atom. The van der Waals surface area contributed by atoms with Gasteiger partial charge in [0.05, 0.1) is 0 Å². The second kappa shape index (κ2) is 4.30. The number of anilines is 1. The number of amides is 1. The lowest BCUT2D eigenvalue weighted by molar-refractivity contribution is -0.116. The van der Waals surface area contributed by atoms with Crippen molar-refractivity contribution in [3.63, 3.8) is 0 Å². The van der Waals surface area contributed by atoms with Crippen molar-refractivity contribution >= 4 is 19.7 Å². The summed E-state index contributed by atoms with van der Waals surface area (Å²) in [6.07, 6.45) is 0. The van der Waals surface area contributed by atoms with Crippen molar-refractivity contribution in [3.8, 4) is 0 Å². The van der Waals surface area contributed by atoms with Crippen LogP contribution in [0.4, 0.5) is 5.69 Å². The molecule has 1 unspecified atom stereocenters. The zero-order chi connectivity index (χ0) is 12.6. The van der Waals surface area contributed by atoms with Gasteiger partial charge in [-0.05, 0) is 17.7 Å². The highest BCUT2D eigenvalue weighted by Crippen LogP contribution is 2.40. The molecule has 1 amide bonds. The average molecular weight is 247 g/mol. The summed E-state index contributed by atoms with van der Waals surface area (Å²) in [6.45, 7) is 9.72. The number of para-hydroxylation sites is 1. The van der Waals surface area contributed by atoms with Crippen molar-refractivity contribution in [2.45, 2.75) is 38.5 Å². The highest BCUT2D eigenvalue weighted by Gasteiger charge is 2.33. The minimum absolute atomic E-state index is 0.163. The number of fused-ring (bicyclic) bond motifs is 1. The maximum Gasteiger partial charge on any atom is 0.223 e. The Bertz CT molecular complexity index is 436. The van der Waals surface area contributed by atoms with Gasteiger partial charge in [-0.2, -0.15) is 0 Å². The number of hydrogen-bond donors (Lipinski definition) is 0. The molecule has 92 valence electrons. The summed E-state index contributed by atoms with van der Waals surface area (Å²) in [4.78, 5) is 13.6. The van der Waals surface area contributed by atoms with E-state index in [4.69, 9.17) is 0 Å². The van der Waals surface area contributed by atoms with Gasteiger partial charge >= 0.3 is 0 Å². The molecule has 2 nitrogen and oxygen atoms in total. The van der Waals surface area contributed by atoms with Crippen molar-refractivity contribution < 1.29 is 4.79 Å². The first-order valence-corrected chi connectivity index (χ1v) is 9.96. The maximum absolute atomic E-state index is 11.7. The number of rotatable bonds is 2. The van der Waals surface area contributed by atoms with Crippen LogP contribution in [0.3, 0.4) is 0 Å². The van der Waals surface area contributed by atoms with Gasteiger partial charge in [0, 0.05) is 33.1 Å². The van der Waals surface area contributed by atoms with Crippen molar-refractivity contribution in [1.29, 1.82) is 0 Å². The van der Waals surface area contributed by atoms with Crippen molar-refractivity contribution in [3.05, 3.63) is 29.8 Å². The Morgan fingerprint density at radius 1 is 1.35 bits per heavy atom. The van der Waals surface area contributed by atoms with Gasteiger partial charge in [-0.25, -0.2) is 0 Å². The molecule has 1 aliphatic rings. The smallest absolute Gasteiger partial charge is 0.223 e. The summed E-state index contributed by atoms with van der Waals surface area (Å²) in [5.74, 6) is 0.706. The fourth-order valence-corrected chi connectivity index (χ4v) is 4.53. The van der Waals surface area contributed by atoms with Crippen LogP contribution in [0.15, 0.2) is 24.3 Å². The summed E-state index contributed by atoms with van der Waals surface area (Å²) in [7, 11) is -1.09. The lowest BCUT2D eigenvalue weighted by atomic mass is 10.0. The zero-order valence-corrected chi connectivity index (χ0v) is 12.2. The van der Waals surface area contributed by atoms with E-state index in [-0.39, 0.29) is 5.91 Å². The molecule has 17 heavy (non-hydrogen) atoms. The first-order valence-electron chi connectivity index (χ1n) is 6.25. The predicted octanol–water partition coefficient (Wildman–Crippen LogP) is 3.47. The number of hydrogen-bond acceptors (Lipinski definition) is 1. The SMILES string of the molecule is CC(=O)N1CC(C[Si](C)(C)C)c2ccccc21. The first kappa shape index (κ1) is 12.4. The zero-order valence-electron chi connectivity index (χ0n) is 11.2. The third-order valence-electron chi connectivity index (χ3n) is 3.31. The molecule has 0 fully saturated rings. The van der Waals surface area contributed by atoms with Gasteiger partial charge in [0.2, 0.25) is 5.91 Å². The van der Waals surface area contributed by atoms with Crippen LogP contribution in [0, 0.1) is 0 Å². The molecule has 1 heterocycles. The van der Waals surface area contributed by atoms with Crippen LogP contribution in [0.2, 0.25) is 25.7 Å². The van der Waals surface area contributed by atoms with Crippen molar-refractivity contribution in [2.24, 2.45) is 0 Å². The molecule has 1 aromatic carbocycles. The van der Waals surface area contributed by atoms with Crippen molar-refractivity contribution in [1.82, 2.24) is 0 Å². The normalized spacial score (nSPS) is 19.3. The van der Waals surface area contributed by atoms with Crippen LogP contribution in [0.5, 0.6) is 0 Å². The monoisotopic (exact) mass is 247 g/mol. The lowest BCUT2D eigenvalue weighted by Gasteiger charge is -2.21. The summed E-state index contributed by atoms with van der Waals surface area (Å²) in [6, 6.07) is 9.61. The van der Waals surface area contributed by atoms with Gasteiger partial charge in [0.1, 0.15) is 0 Å². The topological polar surface area (TPSA) is 20.3 Å². The molecule has 3 heteroatoms. The van der Waals surface area contributed by atoms with Gasteiger partial charge in [0.15, 0.2) is 0 Å². The maximum atomic E-state index is 11.7. The average Bonchev–Trinajstić information content (AvgIpc) is 2.55. The second-order valence-corrected chi connectivity index (χ2v) is 11.7. The summed E-state index contributed by atoms with van der Waals surface area (Å²) in [5.41, 5.74) is 2.49. The molecule has 0 aromatic heterocycles. The number of nitrogens with zero attached hydrogens (tertiary/aromatic N) is 1. The van der Waals surface area contributed by atoms with Gasteiger partial charge < -0.3 is 4.90 Å². The van der Waals surface area contributed by atoms with Crippen LogP contribution >= 0.6 is 0 Å². The fraction of sp³-hybridized carbons (Fsp3) is 0.500. The molecule has 0 saturated heterocycles.